The van der Waals surface area contributed by atoms with Crippen LogP contribution in [0.15, 0.2) is 23.1 Å². The quantitative estimate of drug-likeness (QED) is 0.807. The van der Waals surface area contributed by atoms with Crippen LogP contribution >= 0.6 is 23.4 Å². The minimum Gasteiger partial charge on any atom is -0.316 e. The van der Waals surface area contributed by atoms with E-state index in [1.807, 2.05) is 12.1 Å². The van der Waals surface area contributed by atoms with Crippen molar-refractivity contribution in [1.82, 2.24) is 5.32 Å². The topological polar surface area (TPSA) is 12.0 Å². The Morgan fingerprint density at radius 3 is 2.59 bits per heavy atom. The van der Waals surface area contributed by atoms with Crippen molar-refractivity contribution >= 4 is 23.4 Å². The zero-order chi connectivity index (χ0) is 13.1. The van der Waals surface area contributed by atoms with Crippen LogP contribution in [0.5, 0.6) is 0 Å². The zero-order valence-corrected chi connectivity index (χ0v) is 12.3. The van der Waals surface area contributed by atoms with Gasteiger partial charge in [-0.1, -0.05) is 31.5 Å². The summed E-state index contributed by atoms with van der Waals surface area (Å²) in [7, 11) is 1.74. The lowest BCUT2D eigenvalue weighted by Gasteiger charge is -2.21. The van der Waals surface area contributed by atoms with E-state index in [4.69, 9.17) is 11.6 Å². The number of benzene rings is 1. The lowest BCUT2D eigenvalue weighted by Crippen LogP contribution is -2.29. The molecule has 0 spiro atoms. The average Bonchev–Trinajstić information content (AvgIpc) is 2.20. The van der Waals surface area contributed by atoms with Crippen molar-refractivity contribution in [2.75, 3.05) is 13.6 Å². The average molecular weight is 276 g/mol. The van der Waals surface area contributed by atoms with Crippen molar-refractivity contribution in [2.45, 2.75) is 36.6 Å². The van der Waals surface area contributed by atoms with Crippen LogP contribution in [0.3, 0.4) is 0 Å². The van der Waals surface area contributed by atoms with E-state index in [0.717, 1.165) is 4.90 Å². The third-order valence-corrected chi connectivity index (χ3v) is 3.91. The molecule has 17 heavy (non-hydrogen) atoms. The molecule has 0 radical (unpaired) electrons. The molecule has 0 bridgehead atoms. The van der Waals surface area contributed by atoms with Crippen LogP contribution in [0.2, 0.25) is 5.02 Å². The van der Waals surface area contributed by atoms with Crippen molar-refractivity contribution in [3.63, 3.8) is 0 Å². The van der Waals surface area contributed by atoms with Gasteiger partial charge in [-0.25, -0.2) is 4.39 Å². The van der Waals surface area contributed by atoms with Crippen LogP contribution in [-0.2, 0) is 5.67 Å². The molecule has 1 aromatic carbocycles. The Balaban J connectivity index is 2.95. The first kappa shape index (κ1) is 14.8. The van der Waals surface area contributed by atoms with E-state index >= 15 is 0 Å². The molecule has 0 aliphatic heterocycles. The summed E-state index contributed by atoms with van der Waals surface area (Å²) in [5.41, 5.74) is -0.774. The first-order valence-corrected chi connectivity index (χ1v) is 6.93. The highest BCUT2D eigenvalue weighted by atomic mass is 35.5. The molecule has 96 valence electrons. The molecule has 1 nitrogen and oxygen atoms in total. The maximum Gasteiger partial charge on any atom is 0.145 e. The molecule has 4 heteroatoms. The van der Waals surface area contributed by atoms with Gasteiger partial charge in [-0.05, 0) is 31.7 Å². The lowest BCUT2D eigenvalue weighted by atomic mass is 9.98. The van der Waals surface area contributed by atoms with E-state index < -0.39 is 5.67 Å². The summed E-state index contributed by atoms with van der Waals surface area (Å²) >= 11 is 7.86. The SMILES string of the molecule is CNCC(C)(F)c1ccc(SC(C)C)c(Cl)c1. The molecule has 0 heterocycles. The summed E-state index contributed by atoms with van der Waals surface area (Å²) in [4.78, 5) is 1.01. The van der Waals surface area contributed by atoms with E-state index in [1.165, 1.54) is 0 Å². The maximum absolute atomic E-state index is 14.3. The number of hydrogen-bond donors (Lipinski definition) is 1. The predicted molar refractivity (Wildman–Crippen MR) is 74.8 cm³/mol. The summed E-state index contributed by atoms with van der Waals surface area (Å²) in [6.45, 7) is 6.05. The molecule has 0 fully saturated rings. The fourth-order valence-electron chi connectivity index (χ4n) is 1.61. The van der Waals surface area contributed by atoms with Crippen LogP contribution in [0.4, 0.5) is 4.39 Å². The second kappa shape index (κ2) is 6.07. The standard InChI is InChI=1S/C13H19ClFNS/c1-9(2)17-12-6-5-10(7-11(12)14)13(3,15)8-16-4/h5-7,9,16H,8H2,1-4H3. The molecule has 1 aromatic rings. The van der Waals surface area contributed by atoms with E-state index in [-0.39, 0.29) is 6.54 Å². The van der Waals surface area contributed by atoms with Gasteiger partial charge in [0.25, 0.3) is 0 Å². The molecule has 0 saturated heterocycles. The van der Waals surface area contributed by atoms with Gasteiger partial charge in [-0.15, -0.1) is 11.8 Å². The molecule has 0 saturated carbocycles. The minimum absolute atomic E-state index is 0.278. The highest BCUT2D eigenvalue weighted by molar-refractivity contribution is 8.00. The van der Waals surface area contributed by atoms with Crippen molar-refractivity contribution in [2.24, 2.45) is 0 Å². The Morgan fingerprint density at radius 1 is 1.47 bits per heavy atom. The van der Waals surface area contributed by atoms with Gasteiger partial charge in [0.05, 0.1) is 5.02 Å². The van der Waals surface area contributed by atoms with Crippen molar-refractivity contribution in [3.8, 4) is 0 Å². The third kappa shape index (κ3) is 4.16. The van der Waals surface area contributed by atoms with Gasteiger partial charge >= 0.3 is 0 Å². The molecule has 1 rings (SSSR count). The van der Waals surface area contributed by atoms with Gasteiger partial charge in [0.1, 0.15) is 5.67 Å². The Hall–Kier alpha value is -0.250. The molecule has 1 N–H and O–H groups in total. The van der Waals surface area contributed by atoms with Gasteiger partial charge in [0.15, 0.2) is 0 Å². The van der Waals surface area contributed by atoms with Crippen LogP contribution in [0.1, 0.15) is 26.3 Å². The van der Waals surface area contributed by atoms with Crippen LogP contribution in [0, 0.1) is 0 Å². The molecular formula is C13H19ClFNS. The minimum atomic E-state index is -1.39. The summed E-state index contributed by atoms with van der Waals surface area (Å²) in [5.74, 6) is 0. The second-order valence-corrected chi connectivity index (χ2v) is 6.57. The van der Waals surface area contributed by atoms with Gasteiger partial charge in [-0.2, -0.15) is 0 Å². The van der Waals surface area contributed by atoms with Crippen molar-refractivity contribution in [1.29, 1.82) is 0 Å². The van der Waals surface area contributed by atoms with Crippen molar-refractivity contribution < 1.29 is 4.39 Å². The molecule has 0 amide bonds. The lowest BCUT2D eigenvalue weighted by molar-refractivity contribution is 0.190. The number of halogens is 2. The summed E-state index contributed by atoms with van der Waals surface area (Å²) < 4.78 is 14.3. The molecule has 0 aromatic heterocycles. The Bertz CT molecular complexity index is 380. The summed E-state index contributed by atoms with van der Waals surface area (Å²) in [5, 5.41) is 3.94. The highest BCUT2D eigenvalue weighted by Crippen LogP contribution is 2.34. The molecule has 1 atom stereocenters. The number of likely N-dealkylation sites (N-methyl/N-ethyl adjacent to an activating group) is 1. The van der Waals surface area contributed by atoms with Crippen LogP contribution in [-0.4, -0.2) is 18.8 Å². The van der Waals surface area contributed by atoms with Gasteiger partial charge in [0.2, 0.25) is 0 Å². The van der Waals surface area contributed by atoms with Gasteiger partial charge < -0.3 is 5.32 Å². The molecule has 0 aliphatic carbocycles. The predicted octanol–water partition coefficient (Wildman–Crippen LogP) is 4.24. The number of hydrogen-bond acceptors (Lipinski definition) is 2. The van der Waals surface area contributed by atoms with E-state index in [1.54, 1.807) is 31.8 Å². The van der Waals surface area contributed by atoms with Gasteiger partial charge in [0, 0.05) is 16.7 Å². The van der Waals surface area contributed by atoms with E-state index in [0.29, 0.717) is 15.8 Å². The number of thioether (sulfide) groups is 1. The smallest absolute Gasteiger partial charge is 0.145 e. The number of nitrogens with one attached hydrogen (secondary N) is 1. The van der Waals surface area contributed by atoms with Gasteiger partial charge in [-0.3, -0.25) is 0 Å². The summed E-state index contributed by atoms with van der Waals surface area (Å²) in [6.07, 6.45) is 0. The molecular weight excluding hydrogens is 257 g/mol. The first-order chi connectivity index (χ1) is 7.86. The monoisotopic (exact) mass is 275 g/mol. The third-order valence-electron chi connectivity index (χ3n) is 2.41. The molecule has 0 aliphatic rings. The van der Waals surface area contributed by atoms with Crippen molar-refractivity contribution in [3.05, 3.63) is 28.8 Å². The Morgan fingerprint density at radius 2 is 2.12 bits per heavy atom. The highest BCUT2D eigenvalue weighted by Gasteiger charge is 2.25. The maximum atomic E-state index is 14.3. The fourth-order valence-corrected chi connectivity index (χ4v) is 2.75. The van der Waals surface area contributed by atoms with Crippen LogP contribution < -0.4 is 5.32 Å². The van der Waals surface area contributed by atoms with E-state index in [9.17, 15) is 4.39 Å². The fraction of sp³-hybridized carbons (Fsp3) is 0.538. The largest absolute Gasteiger partial charge is 0.316 e. The molecule has 1 unspecified atom stereocenters. The Labute approximate surface area is 112 Å². The number of alkyl halides is 1. The Kier molecular flexibility index (Phi) is 5.29. The number of rotatable bonds is 5. The normalized spacial score (nSPS) is 15.0. The summed E-state index contributed by atoms with van der Waals surface area (Å²) in [6, 6.07) is 5.44. The zero-order valence-electron chi connectivity index (χ0n) is 10.7. The first-order valence-electron chi connectivity index (χ1n) is 5.67. The van der Waals surface area contributed by atoms with E-state index in [2.05, 4.69) is 19.2 Å². The van der Waals surface area contributed by atoms with Crippen LogP contribution in [0.25, 0.3) is 0 Å². The second-order valence-electron chi connectivity index (χ2n) is 4.54.